The van der Waals surface area contributed by atoms with E-state index in [-0.39, 0.29) is 11.9 Å². The fourth-order valence-corrected chi connectivity index (χ4v) is 1.54. The van der Waals surface area contributed by atoms with Gasteiger partial charge >= 0.3 is 0 Å². The predicted molar refractivity (Wildman–Crippen MR) is 62.1 cm³/mol. The smallest absolute Gasteiger partial charge is 0.200 e. The second-order valence-corrected chi connectivity index (χ2v) is 3.90. The van der Waals surface area contributed by atoms with Gasteiger partial charge in [-0.05, 0) is 31.9 Å². The highest BCUT2D eigenvalue weighted by Crippen LogP contribution is 2.18. The van der Waals surface area contributed by atoms with E-state index in [1.165, 1.54) is 19.2 Å². The maximum absolute atomic E-state index is 12.5. The number of halogens is 2. The molecule has 1 heterocycles. The van der Waals surface area contributed by atoms with Crippen LogP contribution in [0.25, 0.3) is 0 Å². The van der Waals surface area contributed by atoms with Crippen molar-refractivity contribution in [3.63, 3.8) is 0 Å². The highest BCUT2D eigenvalue weighted by molar-refractivity contribution is 5.24. The highest BCUT2D eigenvalue weighted by Gasteiger charge is 2.20. The van der Waals surface area contributed by atoms with E-state index in [9.17, 15) is 8.78 Å². The van der Waals surface area contributed by atoms with E-state index < -0.39 is 11.6 Å². The van der Waals surface area contributed by atoms with Crippen LogP contribution in [0, 0.1) is 23.0 Å². The van der Waals surface area contributed by atoms with Crippen LogP contribution >= 0.6 is 0 Å². The summed E-state index contributed by atoms with van der Waals surface area (Å²) in [4.78, 5) is 0. The van der Waals surface area contributed by atoms with Gasteiger partial charge in [-0.1, -0.05) is 6.07 Å². The number of hydrogen-bond donors (Lipinski definition) is 0. The van der Waals surface area contributed by atoms with E-state index in [0.29, 0.717) is 6.10 Å². The van der Waals surface area contributed by atoms with Crippen LogP contribution in [-0.2, 0) is 4.74 Å². The molecule has 2 atom stereocenters. The molecule has 0 spiro atoms. The fraction of sp³-hybridized carbons (Fsp3) is 0.462. The number of ether oxygens (including phenoxy) is 2. The first-order chi connectivity index (χ1) is 8.58. The Bertz CT molecular complexity index is 431. The number of rotatable bonds is 1. The largest absolute Gasteiger partial charge is 0.494 e. The molecule has 1 aromatic rings. The van der Waals surface area contributed by atoms with Crippen LogP contribution in [0.15, 0.2) is 18.2 Å². The topological polar surface area (TPSA) is 42.2 Å². The Balaban J connectivity index is 0.000000184. The van der Waals surface area contributed by atoms with Crippen LogP contribution in [0.3, 0.4) is 0 Å². The molecule has 2 rings (SSSR count). The van der Waals surface area contributed by atoms with Crippen LogP contribution in [0.4, 0.5) is 8.78 Å². The number of nitrogens with zero attached hydrogens (tertiary/aromatic N) is 1. The lowest BCUT2D eigenvalue weighted by Crippen LogP contribution is -2.03. The summed E-state index contributed by atoms with van der Waals surface area (Å²) in [5.41, 5.74) is 0. The molecule has 1 aliphatic heterocycles. The maximum atomic E-state index is 12.5. The summed E-state index contributed by atoms with van der Waals surface area (Å²) in [6.45, 7) is 2.00. The van der Waals surface area contributed by atoms with Crippen molar-refractivity contribution in [1.82, 2.24) is 0 Å². The summed E-state index contributed by atoms with van der Waals surface area (Å²) in [7, 11) is 1.29. The Kier molecular flexibility index (Phi) is 5.53. The first-order valence-electron chi connectivity index (χ1n) is 5.61. The molecule has 0 aromatic heterocycles. The van der Waals surface area contributed by atoms with Crippen molar-refractivity contribution in [2.24, 2.45) is 0 Å². The van der Waals surface area contributed by atoms with Crippen LogP contribution in [0.2, 0.25) is 0 Å². The van der Waals surface area contributed by atoms with Gasteiger partial charge in [-0.3, -0.25) is 0 Å². The van der Waals surface area contributed by atoms with Gasteiger partial charge in [0.05, 0.1) is 19.3 Å². The van der Waals surface area contributed by atoms with Crippen LogP contribution in [-0.4, -0.2) is 19.3 Å². The van der Waals surface area contributed by atoms with E-state index in [4.69, 9.17) is 10.00 Å². The van der Waals surface area contributed by atoms with Crippen molar-refractivity contribution in [2.75, 3.05) is 7.11 Å². The molecule has 0 amide bonds. The third kappa shape index (κ3) is 3.97. The highest BCUT2D eigenvalue weighted by atomic mass is 19.2. The molecule has 98 valence electrons. The molecule has 5 heteroatoms. The minimum absolute atomic E-state index is 0.0694. The molecule has 0 radical (unpaired) electrons. The van der Waals surface area contributed by atoms with Gasteiger partial charge in [0.15, 0.2) is 11.6 Å². The summed E-state index contributed by atoms with van der Waals surface area (Å²) in [5, 5.41) is 8.31. The number of nitriles is 1. The second-order valence-electron chi connectivity index (χ2n) is 3.90. The van der Waals surface area contributed by atoms with Gasteiger partial charge in [0.25, 0.3) is 0 Å². The van der Waals surface area contributed by atoms with Crippen LogP contribution < -0.4 is 4.74 Å². The summed E-state index contributed by atoms with van der Waals surface area (Å²) >= 11 is 0. The Morgan fingerprint density at radius 2 is 2.11 bits per heavy atom. The van der Waals surface area contributed by atoms with Gasteiger partial charge in [0.2, 0.25) is 5.82 Å². The normalized spacial score (nSPS) is 21.7. The van der Waals surface area contributed by atoms with Gasteiger partial charge in [0.1, 0.15) is 6.10 Å². The molecule has 1 saturated heterocycles. The fourth-order valence-electron chi connectivity index (χ4n) is 1.54. The Morgan fingerprint density at radius 3 is 2.50 bits per heavy atom. The molecule has 18 heavy (non-hydrogen) atoms. The first kappa shape index (κ1) is 14.4. The van der Waals surface area contributed by atoms with Crippen molar-refractivity contribution >= 4 is 0 Å². The predicted octanol–water partition coefficient (Wildman–Crippen LogP) is 3.05. The van der Waals surface area contributed by atoms with Crippen molar-refractivity contribution in [3.8, 4) is 11.8 Å². The third-order valence-corrected chi connectivity index (χ3v) is 2.51. The summed E-state index contributed by atoms with van der Waals surface area (Å²) in [6, 6.07) is 5.86. The number of benzene rings is 1. The lowest BCUT2D eigenvalue weighted by molar-refractivity contribution is 0.0873. The van der Waals surface area contributed by atoms with Gasteiger partial charge in [-0.25, -0.2) is 4.39 Å². The molecule has 1 aromatic carbocycles. The third-order valence-electron chi connectivity index (χ3n) is 2.51. The second kappa shape index (κ2) is 6.92. The number of hydrogen-bond acceptors (Lipinski definition) is 3. The molecule has 3 nitrogen and oxygen atoms in total. The SMILES string of the molecule is CC1CCC(C#N)O1.COc1cccc(F)c1F. The van der Waals surface area contributed by atoms with Crippen molar-refractivity contribution in [1.29, 1.82) is 5.26 Å². The maximum Gasteiger partial charge on any atom is 0.200 e. The zero-order chi connectivity index (χ0) is 13.5. The summed E-state index contributed by atoms with van der Waals surface area (Å²) in [6.07, 6.45) is 2.14. The molecule has 0 N–H and O–H groups in total. The first-order valence-corrected chi connectivity index (χ1v) is 5.61. The van der Waals surface area contributed by atoms with Gasteiger partial charge in [-0.2, -0.15) is 9.65 Å². The average Bonchev–Trinajstić information content (AvgIpc) is 2.79. The van der Waals surface area contributed by atoms with Gasteiger partial charge < -0.3 is 9.47 Å². The van der Waals surface area contributed by atoms with Crippen molar-refractivity contribution in [3.05, 3.63) is 29.8 Å². The van der Waals surface area contributed by atoms with Gasteiger partial charge in [0, 0.05) is 0 Å². The molecule has 1 aliphatic rings. The summed E-state index contributed by atoms with van der Waals surface area (Å²) < 4.78 is 34.5. The molecule has 2 unspecified atom stereocenters. The monoisotopic (exact) mass is 255 g/mol. The zero-order valence-corrected chi connectivity index (χ0v) is 10.3. The Hall–Kier alpha value is -1.67. The lowest BCUT2D eigenvalue weighted by atomic mass is 10.2. The average molecular weight is 255 g/mol. The molecule has 0 aliphatic carbocycles. The van der Waals surface area contributed by atoms with Gasteiger partial charge in [-0.15, -0.1) is 0 Å². The minimum atomic E-state index is -0.940. The van der Waals surface area contributed by atoms with E-state index in [0.717, 1.165) is 18.9 Å². The van der Waals surface area contributed by atoms with Crippen LogP contribution in [0.1, 0.15) is 19.8 Å². The molecular formula is C13H15F2NO2. The van der Waals surface area contributed by atoms with E-state index >= 15 is 0 Å². The molecular weight excluding hydrogens is 240 g/mol. The van der Waals surface area contributed by atoms with Crippen molar-refractivity contribution < 1.29 is 18.3 Å². The Labute approximate surface area is 105 Å². The quantitative estimate of drug-likeness (QED) is 0.774. The standard InChI is InChI=1S/C7H6F2O.C6H9NO/c1-10-6-4-2-3-5(8)7(6)9;1-5-2-3-6(4-7)8-5/h2-4H,1H3;5-6H,2-3H2,1H3. The summed E-state index contributed by atoms with van der Waals surface area (Å²) in [5.74, 6) is -1.90. The number of methoxy groups -OCH3 is 1. The Morgan fingerprint density at radius 1 is 1.39 bits per heavy atom. The molecule has 0 saturated carbocycles. The van der Waals surface area contributed by atoms with E-state index in [2.05, 4.69) is 10.8 Å². The van der Waals surface area contributed by atoms with Crippen molar-refractivity contribution in [2.45, 2.75) is 32.0 Å². The molecule has 0 bridgehead atoms. The van der Waals surface area contributed by atoms with Crippen LogP contribution in [0.5, 0.6) is 5.75 Å². The molecule has 1 fully saturated rings. The van der Waals surface area contributed by atoms with E-state index in [1.807, 2.05) is 6.92 Å². The minimum Gasteiger partial charge on any atom is -0.494 e. The van der Waals surface area contributed by atoms with E-state index in [1.54, 1.807) is 0 Å². The lowest BCUT2D eigenvalue weighted by Gasteiger charge is -1.99. The zero-order valence-electron chi connectivity index (χ0n) is 10.3.